The lowest BCUT2D eigenvalue weighted by molar-refractivity contribution is 0.0941. The van der Waals surface area contributed by atoms with Crippen LogP contribution in [0.1, 0.15) is 21.5 Å². The van der Waals surface area contributed by atoms with Crippen LogP contribution in [0.4, 0.5) is 0 Å². The van der Waals surface area contributed by atoms with Crippen LogP contribution >= 0.6 is 0 Å². The first-order valence-corrected chi connectivity index (χ1v) is 4.09. The van der Waals surface area contributed by atoms with Crippen molar-refractivity contribution >= 4 is 5.91 Å². The van der Waals surface area contributed by atoms with E-state index in [1.165, 1.54) is 5.56 Å². The monoisotopic (exact) mass is 160 g/mol. The van der Waals surface area contributed by atoms with Crippen LogP contribution in [-0.2, 0) is 6.42 Å². The van der Waals surface area contributed by atoms with E-state index in [9.17, 15) is 4.79 Å². The van der Waals surface area contributed by atoms with E-state index in [-0.39, 0.29) is 5.91 Å². The highest BCUT2D eigenvalue weighted by atomic mass is 16.1. The molecule has 0 bridgehead atoms. The third-order valence-electron chi connectivity index (χ3n) is 2.13. The zero-order valence-electron chi connectivity index (χ0n) is 7.00. The van der Waals surface area contributed by atoms with Crippen LogP contribution in [-0.4, -0.2) is 12.5 Å². The molecule has 2 heteroatoms. The van der Waals surface area contributed by atoms with Gasteiger partial charge in [0.25, 0.3) is 5.91 Å². The van der Waals surface area contributed by atoms with E-state index < -0.39 is 0 Å². The molecule has 1 radical (unpaired) electrons. The summed E-state index contributed by atoms with van der Waals surface area (Å²) in [6, 6.07) is 5.90. The molecule has 1 aliphatic heterocycles. The standard InChI is InChI=1S/C10H10NO/c1-7-2-3-9-8(6-7)4-5-11-10(9)12/h2-3,6H,4-5H2,1H3. The van der Waals surface area contributed by atoms with Gasteiger partial charge in [-0.3, -0.25) is 4.79 Å². The Morgan fingerprint density at radius 1 is 1.42 bits per heavy atom. The molecular formula is C10H10NO. The molecule has 1 amide bonds. The molecule has 2 rings (SSSR count). The van der Waals surface area contributed by atoms with Gasteiger partial charge in [-0.25, -0.2) is 5.32 Å². The highest BCUT2D eigenvalue weighted by molar-refractivity contribution is 5.96. The lowest BCUT2D eigenvalue weighted by Crippen LogP contribution is -2.25. The number of carbonyl (C=O) groups is 1. The molecule has 0 saturated heterocycles. The van der Waals surface area contributed by atoms with Gasteiger partial charge < -0.3 is 0 Å². The van der Waals surface area contributed by atoms with Gasteiger partial charge in [0.15, 0.2) is 0 Å². The zero-order valence-corrected chi connectivity index (χ0v) is 7.00. The number of nitrogens with zero attached hydrogens (tertiary/aromatic N) is 1. The van der Waals surface area contributed by atoms with E-state index in [1.807, 2.05) is 19.1 Å². The van der Waals surface area contributed by atoms with E-state index in [0.717, 1.165) is 17.5 Å². The molecule has 1 aromatic rings. The molecule has 0 N–H and O–H groups in total. The number of aryl methyl sites for hydroxylation is 1. The van der Waals surface area contributed by atoms with Crippen LogP contribution in [0.2, 0.25) is 0 Å². The maximum atomic E-state index is 11.2. The lowest BCUT2D eigenvalue weighted by Gasteiger charge is -2.14. The number of carbonyl (C=O) groups excluding carboxylic acids is 1. The molecule has 0 atom stereocenters. The van der Waals surface area contributed by atoms with Crippen LogP contribution < -0.4 is 5.32 Å². The van der Waals surface area contributed by atoms with E-state index in [4.69, 9.17) is 0 Å². The lowest BCUT2D eigenvalue weighted by atomic mass is 9.98. The van der Waals surface area contributed by atoms with Gasteiger partial charge in [0.05, 0.1) is 0 Å². The molecule has 1 heterocycles. The molecule has 61 valence electrons. The molecule has 0 spiro atoms. The summed E-state index contributed by atoms with van der Waals surface area (Å²) in [6.45, 7) is 2.69. The van der Waals surface area contributed by atoms with Gasteiger partial charge >= 0.3 is 0 Å². The minimum Gasteiger partial charge on any atom is -0.267 e. The molecule has 0 aliphatic carbocycles. The quantitative estimate of drug-likeness (QED) is 0.562. The number of hydrogen-bond acceptors (Lipinski definition) is 1. The third-order valence-corrected chi connectivity index (χ3v) is 2.13. The summed E-state index contributed by atoms with van der Waals surface area (Å²) >= 11 is 0. The number of rotatable bonds is 0. The van der Waals surface area contributed by atoms with Gasteiger partial charge in [-0.15, -0.1) is 0 Å². The molecule has 2 nitrogen and oxygen atoms in total. The Bertz CT molecular complexity index is 331. The summed E-state index contributed by atoms with van der Waals surface area (Å²) in [5.41, 5.74) is 3.14. The average molecular weight is 160 g/mol. The molecule has 12 heavy (non-hydrogen) atoms. The van der Waals surface area contributed by atoms with Crippen molar-refractivity contribution in [3.8, 4) is 0 Å². The highest BCUT2D eigenvalue weighted by Crippen LogP contribution is 2.15. The summed E-state index contributed by atoms with van der Waals surface area (Å²) in [5.74, 6) is -0.0590. The maximum absolute atomic E-state index is 11.2. The number of hydrogen-bond donors (Lipinski definition) is 0. The molecule has 0 aromatic heterocycles. The van der Waals surface area contributed by atoms with Crippen molar-refractivity contribution in [1.82, 2.24) is 5.32 Å². The van der Waals surface area contributed by atoms with Crippen molar-refractivity contribution in [2.24, 2.45) is 0 Å². The van der Waals surface area contributed by atoms with Crippen LogP contribution in [0.25, 0.3) is 0 Å². The summed E-state index contributed by atoms with van der Waals surface area (Å²) in [4.78, 5) is 11.2. The normalized spacial score (nSPS) is 15.2. The Hall–Kier alpha value is -1.31. The predicted octanol–water partition coefficient (Wildman–Crippen LogP) is 1.30. The number of fused-ring (bicyclic) bond motifs is 1. The average Bonchev–Trinajstić information content (AvgIpc) is 2.04. The summed E-state index contributed by atoms with van der Waals surface area (Å²) in [6.07, 6.45) is 0.906. The fourth-order valence-electron chi connectivity index (χ4n) is 1.50. The topological polar surface area (TPSA) is 31.2 Å². The van der Waals surface area contributed by atoms with E-state index >= 15 is 0 Å². The fourth-order valence-corrected chi connectivity index (χ4v) is 1.50. The van der Waals surface area contributed by atoms with Crippen molar-refractivity contribution in [1.29, 1.82) is 0 Å². The van der Waals surface area contributed by atoms with Crippen LogP contribution in [0.15, 0.2) is 18.2 Å². The highest BCUT2D eigenvalue weighted by Gasteiger charge is 2.16. The fraction of sp³-hybridized carbons (Fsp3) is 0.300. The van der Waals surface area contributed by atoms with E-state index in [0.29, 0.717) is 6.54 Å². The van der Waals surface area contributed by atoms with Gasteiger partial charge in [-0.05, 0) is 25.0 Å². The summed E-state index contributed by atoms with van der Waals surface area (Å²) in [7, 11) is 0. The zero-order chi connectivity index (χ0) is 8.55. The molecule has 1 aromatic carbocycles. The van der Waals surface area contributed by atoms with Gasteiger partial charge in [-0.2, -0.15) is 0 Å². The van der Waals surface area contributed by atoms with Gasteiger partial charge in [0.1, 0.15) is 0 Å². The Morgan fingerprint density at radius 3 is 3.08 bits per heavy atom. The molecule has 0 fully saturated rings. The first kappa shape index (κ1) is 7.35. The number of amides is 1. The van der Waals surface area contributed by atoms with Gasteiger partial charge in [0.2, 0.25) is 0 Å². The van der Waals surface area contributed by atoms with Gasteiger partial charge in [-0.1, -0.05) is 17.7 Å². The van der Waals surface area contributed by atoms with Crippen LogP contribution in [0.3, 0.4) is 0 Å². The van der Waals surface area contributed by atoms with Crippen molar-refractivity contribution in [3.05, 3.63) is 34.9 Å². The minimum absolute atomic E-state index is 0.0590. The SMILES string of the molecule is Cc1ccc2c(c1)CC[N]C2=O. The molecule has 1 aliphatic rings. The molecule has 0 saturated carbocycles. The third kappa shape index (κ3) is 1.09. The van der Waals surface area contributed by atoms with Crippen molar-refractivity contribution < 1.29 is 4.79 Å². The molecular weight excluding hydrogens is 150 g/mol. The van der Waals surface area contributed by atoms with Crippen LogP contribution in [0, 0.1) is 6.92 Å². The van der Waals surface area contributed by atoms with Crippen LogP contribution in [0.5, 0.6) is 0 Å². The second-order valence-corrected chi connectivity index (χ2v) is 3.10. The Balaban J connectivity index is 2.53. The second kappa shape index (κ2) is 2.63. The van der Waals surface area contributed by atoms with Crippen molar-refractivity contribution in [2.75, 3.05) is 6.54 Å². The summed E-state index contributed by atoms with van der Waals surface area (Å²) in [5, 5.41) is 3.86. The maximum Gasteiger partial charge on any atom is 0.272 e. The minimum atomic E-state index is -0.0590. The Kier molecular flexibility index (Phi) is 1.61. The van der Waals surface area contributed by atoms with Crippen molar-refractivity contribution in [3.63, 3.8) is 0 Å². The second-order valence-electron chi connectivity index (χ2n) is 3.10. The molecule has 0 unspecified atom stereocenters. The first-order chi connectivity index (χ1) is 5.77. The predicted molar refractivity (Wildman–Crippen MR) is 46.2 cm³/mol. The first-order valence-electron chi connectivity index (χ1n) is 4.09. The van der Waals surface area contributed by atoms with E-state index in [1.54, 1.807) is 0 Å². The van der Waals surface area contributed by atoms with Gasteiger partial charge in [0, 0.05) is 12.1 Å². The largest absolute Gasteiger partial charge is 0.272 e. The smallest absolute Gasteiger partial charge is 0.267 e. The Labute approximate surface area is 71.6 Å². The van der Waals surface area contributed by atoms with Crippen molar-refractivity contribution in [2.45, 2.75) is 13.3 Å². The van der Waals surface area contributed by atoms with E-state index in [2.05, 4.69) is 11.4 Å². The number of benzene rings is 1. The Morgan fingerprint density at radius 2 is 2.25 bits per heavy atom. The summed E-state index contributed by atoms with van der Waals surface area (Å²) < 4.78 is 0.